The van der Waals surface area contributed by atoms with Crippen LogP contribution in [-0.2, 0) is 4.79 Å². The third-order valence-corrected chi connectivity index (χ3v) is 2.69. The summed E-state index contributed by atoms with van der Waals surface area (Å²) in [6.45, 7) is 2.29. The molecule has 1 N–H and O–H groups in total. The van der Waals surface area contributed by atoms with Crippen LogP contribution >= 0.6 is 0 Å². The number of nitrogens with one attached hydrogen (secondary N) is 1. The minimum Gasteiger partial charge on any atom is -0.222 e. The molecule has 1 aliphatic carbocycles. The van der Waals surface area contributed by atoms with Crippen molar-refractivity contribution in [3.63, 3.8) is 0 Å². The highest BCUT2D eigenvalue weighted by Gasteiger charge is 2.11. The lowest BCUT2D eigenvalue weighted by Gasteiger charge is -2.20. The summed E-state index contributed by atoms with van der Waals surface area (Å²) in [6, 6.07) is 0. The zero-order chi connectivity index (χ0) is 9.94. The van der Waals surface area contributed by atoms with Crippen molar-refractivity contribution in [2.75, 3.05) is 0 Å². The summed E-state index contributed by atoms with van der Waals surface area (Å²) in [6.07, 6.45) is 12.7. The maximum atomic E-state index is 8.35. The molecule has 0 saturated heterocycles. The van der Waals surface area contributed by atoms with Crippen molar-refractivity contribution in [3.8, 4) is 0 Å². The highest BCUT2D eigenvalue weighted by atomic mass is 16.1. The molecular weight excluding hydrogens is 162 g/mol. The lowest BCUT2D eigenvalue weighted by atomic mass is 9.86. The molecule has 1 aliphatic rings. The average molecular weight is 183 g/mol. The first kappa shape index (κ1) is 12.4. The predicted molar refractivity (Wildman–Crippen MR) is 54.5 cm³/mol. The molecule has 13 heavy (non-hydrogen) atoms. The molecule has 0 spiro atoms. The molecule has 0 heterocycles. The Labute approximate surface area is 81.2 Å². The number of unbranched alkanes of at least 4 members (excludes halogenated alkanes) is 1. The molecule has 0 unspecified atom stereocenters. The molecule has 0 radical (unpaired) electrons. The Bertz CT molecular complexity index is 133. The van der Waals surface area contributed by atoms with E-state index in [-0.39, 0.29) is 0 Å². The zero-order valence-electron chi connectivity index (χ0n) is 8.64. The minimum absolute atomic E-state index is 0.750. The third kappa shape index (κ3) is 7.73. The molecule has 0 aromatic carbocycles. The monoisotopic (exact) mass is 183 g/mol. The quantitative estimate of drug-likeness (QED) is 0.526. The Morgan fingerprint density at radius 3 is 2.31 bits per heavy atom. The second-order valence-electron chi connectivity index (χ2n) is 3.75. The van der Waals surface area contributed by atoms with Crippen molar-refractivity contribution in [1.82, 2.24) is 0 Å². The van der Waals surface area contributed by atoms with Crippen LogP contribution in [0.3, 0.4) is 0 Å². The fourth-order valence-corrected chi connectivity index (χ4v) is 1.97. The molecule has 0 bridgehead atoms. The molecule has 0 aromatic rings. The number of hydrogen-bond acceptors (Lipinski definition) is 2. The molecule has 0 atom stereocenters. The Morgan fingerprint density at radius 2 is 1.85 bits per heavy atom. The van der Waals surface area contributed by atoms with Crippen molar-refractivity contribution in [1.29, 1.82) is 5.41 Å². The molecule has 76 valence electrons. The van der Waals surface area contributed by atoms with Crippen molar-refractivity contribution in [2.45, 2.75) is 58.3 Å². The van der Waals surface area contributed by atoms with Gasteiger partial charge >= 0.3 is 0 Å². The highest BCUT2D eigenvalue weighted by Crippen LogP contribution is 2.27. The lowest BCUT2D eigenvalue weighted by Crippen LogP contribution is -2.05. The summed E-state index contributed by atoms with van der Waals surface area (Å²) in [5.41, 5.74) is 0. The van der Waals surface area contributed by atoms with Crippen LogP contribution in [0.1, 0.15) is 58.3 Å². The fourth-order valence-electron chi connectivity index (χ4n) is 1.97. The van der Waals surface area contributed by atoms with E-state index in [0.717, 1.165) is 12.0 Å². The van der Waals surface area contributed by atoms with Crippen LogP contribution in [0, 0.1) is 11.3 Å². The number of hydrogen-bond donors (Lipinski definition) is 1. The summed E-state index contributed by atoms with van der Waals surface area (Å²) in [7, 11) is 0. The van der Waals surface area contributed by atoms with E-state index < -0.39 is 0 Å². The van der Waals surface area contributed by atoms with E-state index >= 15 is 0 Å². The second kappa shape index (κ2) is 9.47. The van der Waals surface area contributed by atoms with Crippen LogP contribution in [0.5, 0.6) is 0 Å². The van der Waals surface area contributed by atoms with Gasteiger partial charge in [-0.3, -0.25) is 0 Å². The molecule has 2 heteroatoms. The molecule has 1 fully saturated rings. The molecule has 0 aromatic heterocycles. The molecule has 0 aliphatic heterocycles. The van der Waals surface area contributed by atoms with E-state index in [1.165, 1.54) is 51.4 Å². The van der Waals surface area contributed by atoms with Crippen LogP contribution in [-0.4, -0.2) is 6.08 Å². The van der Waals surface area contributed by atoms with Crippen molar-refractivity contribution in [2.24, 2.45) is 5.92 Å². The van der Waals surface area contributed by atoms with Crippen molar-refractivity contribution < 1.29 is 4.79 Å². The lowest BCUT2D eigenvalue weighted by molar-refractivity contribution is 0.331. The van der Waals surface area contributed by atoms with E-state index in [0.29, 0.717) is 0 Å². The van der Waals surface area contributed by atoms with Crippen LogP contribution in [0.15, 0.2) is 0 Å². The van der Waals surface area contributed by atoms with Crippen LogP contribution in [0.2, 0.25) is 0 Å². The highest BCUT2D eigenvalue weighted by molar-refractivity contribution is 5.26. The van der Waals surface area contributed by atoms with E-state index in [4.69, 9.17) is 10.2 Å². The predicted octanol–water partition coefficient (Wildman–Crippen LogP) is 3.66. The first-order valence-corrected chi connectivity index (χ1v) is 5.39. The van der Waals surface area contributed by atoms with Gasteiger partial charge in [-0.25, -0.2) is 10.2 Å². The topological polar surface area (TPSA) is 40.9 Å². The van der Waals surface area contributed by atoms with Gasteiger partial charge in [0.15, 0.2) is 0 Å². The largest absolute Gasteiger partial charge is 0.231 e. The van der Waals surface area contributed by atoms with Crippen molar-refractivity contribution >= 4 is 6.08 Å². The van der Waals surface area contributed by atoms with Gasteiger partial charge < -0.3 is 0 Å². The maximum Gasteiger partial charge on any atom is 0.231 e. The van der Waals surface area contributed by atoms with E-state index in [9.17, 15) is 0 Å². The summed E-state index contributed by atoms with van der Waals surface area (Å²) >= 11 is 0. The SMILES string of the molecule is CCCCC1CCCCC1.N=C=O. The standard InChI is InChI=1S/C10H20.CHNO/c1-2-3-7-10-8-5-4-6-9-10;2-1-3/h10H,2-9H2,1H3;2H. The summed E-state index contributed by atoms with van der Waals surface area (Å²) < 4.78 is 0. The number of carbonyl (C=O) groups excluding carboxylic acids is 1. The summed E-state index contributed by atoms with van der Waals surface area (Å²) in [5, 5.41) is 5.40. The molecule has 1 rings (SSSR count). The van der Waals surface area contributed by atoms with Crippen LogP contribution < -0.4 is 0 Å². The maximum absolute atomic E-state index is 8.35. The molecule has 0 amide bonds. The van der Waals surface area contributed by atoms with Gasteiger partial charge in [0.2, 0.25) is 6.08 Å². The van der Waals surface area contributed by atoms with Gasteiger partial charge in [-0.05, 0) is 5.92 Å². The zero-order valence-corrected chi connectivity index (χ0v) is 8.64. The molecular formula is C11H21NO. The molecule has 1 saturated carbocycles. The van der Waals surface area contributed by atoms with Gasteiger partial charge in [0.05, 0.1) is 0 Å². The first-order valence-electron chi connectivity index (χ1n) is 5.39. The summed E-state index contributed by atoms with van der Waals surface area (Å²) in [4.78, 5) is 8.35. The minimum atomic E-state index is 0.750. The van der Waals surface area contributed by atoms with Crippen LogP contribution in [0.4, 0.5) is 0 Å². The average Bonchev–Trinajstić information content (AvgIpc) is 2.18. The second-order valence-corrected chi connectivity index (χ2v) is 3.75. The Hall–Kier alpha value is -0.620. The van der Waals surface area contributed by atoms with Gasteiger partial charge in [-0.2, -0.15) is 0 Å². The normalized spacial score (nSPS) is 17.0. The Kier molecular flexibility index (Phi) is 9.02. The van der Waals surface area contributed by atoms with Gasteiger partial charge in [-0.1, -0.05) is 58.3 Å². The Morgan fingerprint density at radius 1 is 1.31 bits per heavy atom. The first-order chi connectivity index (χ1) is 6.35. The van der Waals surface area contributed by atoms with Gasteiger partial charge in [-0.15, -0.1) is 0 Å². The van der Waals surface area contributed by atoms with E-state index in [1.807, 2.05) is 0 Å². The van der Waals surface area contributed by atoms with E-state index in [2.05, 4.69) is 6.92 Å². The fraction of sp³-hybridized carbons (Fsp3) is 0.909. The van der Waals surface area contributed by atoms with E-state index in [1.54, 1.807) is 0 Å². The number of rotatable bonds is 3. The van der Waals surface area contributed by atoms with Gasteiger partial charge in [0.1, 0.15) is 0 Å². The van der Waals surface area contributed by atoms with Crippen molar-refractivity contribution in [3.05, 3.63) is 0 Å². The third-order valence-electron chi connectivity index (χ3n) is 2.69. The van der Waals surface area contributed by atoms with Gasteiger partial charge in [0.25, 0.3) is 0 Å². The smallest absolute Gasteiger partial charge is 0.222 e. The van der Waals surface area contributed by atoms with Crippen LogP contribution in [0.25, 0.3) is 0 Å². The van der Waals surface area contributed by atoms with Gasteiger partial charge in [0, 0.05) is 0 Å². The summed E-state index contributed by atoms with van der Waals surface area (Å²) in [5.74, 6) is 1.11. The number of isocyanates is 1. The molecule has 2 nitrogen and oxygen atoms in total. The Balaban J connectivity index is 0.000000424.